The molecule has 6 aromatic carbocycles. The van der Waals surface area contributed by atoms with Gasteiger partial charge in [0.05, 0.1) is 50.7 Å². The van der Waals surface area contributed by atoms with Crippen LogP contribution in [-0.4, -0.2) is 17.1 Å². The van der Waals surface area contributed by atoms with Crippen LogP contribution in [0.4, 0.5) is 110 Å². The van der Waals surface area contributed by atoms with Crippen molar-refractivity contribution in [2.75, 3.05) is 0 Å². The molecule has 0 saturated carbocycles. The predicted octanol–water partition coefficient (Wildman–Crippen LogP) is 14.0. The molecule has 7 rings (SSSR count). The number of ether oxygens (including phenoxy) is 1. The molecule has 0 radical (unpaired) electrons. The summed E-state index contributed by atoms with van der Waals surface area (Å²) in [6.45, 7) is 0.601. The summed E-state index contributed by atoms with van der Waals surface area (Å²) in [7, 11) is 0. The summed E-state index contributed by atoms with van der Waals surface area (Å²) < 4.78 is 361. The lowest BCUT2D eigenvalue weighted by Crippen LogP contribution is -2.75. The fourth-order valence-electron chi connectivity index (χ4n) is 8.18. The Kier molecular flexibility index (Phi) is 16.6. The number of alkyl halides is 24. The first kappa shape index (κ1) is 61.4. The number of nitrogens with zero attached hydrogens (tertiary/aromatic N) is 2. The summed E-state index contributed by atoms with van der Waals surface area (Å²) in [5, 5.41) is 0. The average Bonchev–Trinajstić information content (AvgIpc) is 3.34. The van der Waals surface area contributed by atoms with Crippen molar-refractivity contribution in [3.05, 3.63) is 208 Å². The van der Waals surface area contributed by atoms with E-state index >= 15 is 0 Å². The SMILES string of the molecule is FC(F)(F)c1cc([B-](c2cc(C(F)(F)F)cc(C(F)(F)F)c2)(c2cc(C(F)(F)F)cc(C(F)(F)F)c2)c2cc(C(F)(F)F)cc(C(F)(F)F)c2)cc(C(F)(F)F)c1.O=C(Oc1ccccc1F)c1c[n+](Cc2ccccc2)ccn1. The van der Waals surface area contributed by atoms with Crippen molar-refractivity contribution in [1.29, 1.82) is 0 Å². The van der Waals surface area contributed by atoms with Crippen molar-refractivity contribution < 1.29 is 124 Å². The van der Waals surface area contributed by atoms with Gasteiger partial charge in [-0.3, -0.25) is 0 Å². The molecule has 0 aliphatic rings. The number of rotatable bonds is 8. The van der Waals surface area contributed by atoms with Gasteiger partial charge in [0.1, 0.15) is 6.15 Å². The third-order valence-corrected chi connectivity index (χ3v) is 11.7. The number of carbonyl (C=O) groups excluding carboxylic acids is 1. The minimum atomic E-state index is -6.13. The maximum atomic E-state index is 14.2. The Balaban J connectivity index is 0.000000370. The van der Waals surface area contributed by atoms with Gasteiger partial charge in [-0.15, -0.1) is 0 Å². The van der Waals surface area contributed by atoms with Crippen molar-refractivity contribution in [2.45, 2.75) is 56.0 Å². The molecule has 7 aromatic rings. The van der Waals surface area contributed by atoms with Crippen molar-refractivity contribution in [1.82, 2.24) is 4.98 Å². The van der Waals surface area contributed by atoms with E-state index in [1.165, 1.54) is 24.4 Å². The van der Waals surface area contributed by atoms with E-state index in [1.807, 2.05) is 34.9 Å². The fourth-order valence-corrected chi connectivity index (χ4v) is 8.18. The molecule has 4 nitrogen and oxygen atoms in total. The molecule has 0 fully saturated rings. The van der Waals surface area contributed by atoms with Gasteiger partial charge in [0.2, 0.25) is 11.9 Å². The summed E-state index contributed by atoms with van der Waals surface area (Å²) >= 11 is 0. The maximum absolute atomic E-state index is 14.2. The van der Waals surface area contributed by atoms with Gasteiger partial charge in [-0.2, -0.15) is 132 Å². The van der Waals surface area contributed by atoms with Crippen molar-refractivity contribution in [2.24, 2.45) is 0 Å². The highest BCUT2D eigenvalue weighted by atomic mass is 19.4. The smallest absolute Gasteiger partial charge is 0.416 e. The molecular weight excluding hydrogens is 1150 g/mol. The number of carbonyl (C=O) groups is 1. The van der Waals surface area contributed by atoms with Gasteiger partial charge in [-0.1, -0.05) is 91.0 Å². The molecule has 0 aliphatic heterocycles. The van der Waals surface area contributed by atoms with Crippen LogP contribution in [0.3, 0.4) is 0 Å². The van der Waals surface area contributed by atoms with E-state index < -0.39 is 206 Å². The number of halogens is 25. The Morgan fingerprint density at radius 1 is 0.412 bits per heavy atom. The van der Waals surface area contributed by atoms with E-state index in [-0.39, 0.29) is 11.4 Å². The summed E-state index contributed by atoms with van der Waals surface area (Å²) in [6.07, 6.45) is -50.0. The molecule has 0 bridgehead atoms. The van der Waals surface area contributed by atoms with Crippen LogP contribution in [0.1, 0.15) is 60.6 Å². The second-order valence-electron chi connectivity index (χ2n) is 17.1. The Morgan fingerprint density at radius 3 is 0.988 bits per heavy atom. The van der Waals surface area contributed by atoms with Crippen LogP contribution in [0.5, 0.6) is 5.75 Å². The summed E-state index contributed by atoms with van der Waals surface area (Å²) in [4.78, 5) is 16.1. The van der Waals surface area contributed by atoms with Gasteiger partial charge < -0.3 is 4.74 Å². The Labute approximate surface area is 431 Å². The Morgan fingerprint density at radius 2 is 0.700 bits per heavy atom. The summed E-state index contributed by atoms with van der Waals surface area (Å²) in [5.74, 6) is -1.40. The summed E-state index contributed by atoms with van der Waals surface area (Å²) in [5.41, 5.74) is -29.0. The van der Waals surface area contributed by atoms with Crippen molar-refractivity contribution in [3.8, 4) is 5.75 Å². The average molecular weight is 1170 g/mol. The van der Waals surface area contributed by atoms with E-state index in [9.17, 15) is 115 Å². The first-order valence-corrected chi connectivity index (χ1v) is 21.7. The zero-order valence-corrected chi connectivity index (χ0v) is 38.8. The molecule has 0 saturated heterocycles. The maximum Gasteiger partial charge on any atom is 0.416 e. The van der Waals surface area contributed by atoms with E-state index in [4.69, 9.17) is 4.74 Å². The Hall–Kier alpha value is -7.82. The van der Waals surface area contributed by atoms with Crippen LogP contribution in [0.2, 0.25) is 0 Å². The molecule has 0 aliphatic carbocycles. The van der Waals surface area contributed by atoms with Crippen LogP contribution in [0.15, 0.2) is 146 Å². The predicted molar refractivity (Wildman–Crippen MR) is 231 cm³/mol. The summed E-state index contributed by atoms with van der Waals surface area (Å²) in [6, 6.07) is 6.77. The van der Waals surface area contributed by atoms with Gasteiger partial charge in [0, 0.05) is 5.56 Å². The normalized spacial score (nSPS) is 13.2. The lowest BCUT2D eigenvalue weighted by molar-refractivity contribution is -0.689. The zero-order valence-electron chi connectivity index (χ0n) is 38.8. The van der Waals surface area contributed by atoms with Gasteiger partial charge in [0.25, 0.3) is 0 Å². The number of esters is 1. The van der Waals surface area contributed by atoms with Crippen LogP contribution in [0, 0.1) is 5.82 Å². The topological polar surface area (TPSA) is 43.1 Å². The minimum absolute atomic E-state index is 0.113. The van der Waals surface area contributed by atoms with E-state index in [0.717, 1.165) is 5.56 Å². The van der Waals surface area contributed by atoms with Gasteiger partial charge in [-0.25, -0.2) is 14.2 Å². The van der Waals surface area contributed by atoms with E-state index in [0.29, 0.717) is 6.54 Å². The minimum Gasteiger partial charge on any atom is -0.418 e. The largest absolute Gasteiger partial charge is 0.418 e. The molecule has 0 atom stereocenters. The zero-order chi connectivity index (χ0) is 60.0. The molecule has 80 heavy (non-hydrogen) atoms. The van der Waals surface area contributed by atoms with Gasteiger partial charge in [0.15, 0.2) is 24.3 Å². The van der Waals surface area contributed by atoms with Crippen LogP contribution in [0.25, 0.3) is 0 Å². The van der Waals surface area contributed by atoms with Crippen molar-refractivity contribution >= 4 is 34.0 Å². The van der Waals surface area contributed by atoms with Crippen LogP contribution in [-0.2, 0) is 56.0 Å². The fraction of sp³-hybridized carbons (Fsp3) is 0.180. The number of hydrogen-bond donors (Lipinski definition) is 0. The molecule has 0 unspecified atom stereocenters. The highest BCUT2D eigenvalue weighted by molar-refractivity contribution is 7.20. The molecule has 1 aromatic heterocycles. The molecule has 1 heterocycles. The number of aromatic nitrogens is 2. The number of para-hydroxylation sites is 1. The quantitative estimate of drug-likeness (QED) is 0.0501. The van der Waals surface area contributed by atoms with Gasteiger partial charge in [-0.05, 0) is 36.4 Å². The molecule has 0 amide bonds. The molecule has 426 valence electrons. The van der Waals surface area contributed by atoms with E-state index in [1.54, 1.807) is 18.5 Å². The third kappa shape index (κ3) is 14.3. The first-order chi connectivity index (χ1) is 36.5. The molecule has 0 N–H and O–H groups in total. The second-order valence-corrected chi connectivity index (χ2v) is 17.1. The molecule has 0 spiro atoms. The molecular formula is C50H26BF25N2O2. The van der Waals surface area contributed by atoms with Gasteiger partial charge >= 0.3 is 55.4 Å². The first-order valence-electron chi connectivity index (χ1n) is 21.7. The molecule has 30 heteroatoms. The van der Waals surface area contributed by atoms with Crippen LogP contribution < -0.4 is 31.2 Å². The highest BCUT2D eigenvalue weighted by Crippen LogP contribution is 2.41. The van der Waals surface area contributed by atoms with Crippen LogP contribution >= 0.6 is 0 Å². The lowest BCUT2D eigenvalue weighted by Gasteiger charge is -2.46. The van der Waals surface area contributed by atoms with Crippen molar-refractivity contribution in [3.63, 3.8) is 0 Å². The number of benzene rings is 6. The highest BCUT2D eigenvalue weighted by Gasteiger charge is 2.47. The standard InChI is InChI=1S/C32H12BF24.C18H14FN2O2/c34-25(35,36)13-1-14(26(37,38)39)6-21(5-13)33(22-7-15(27(40,41)42)2-16(8-22)28(43,44)45,23-9-17(29(46,47)48)3-18(10-23)30(49,50)51)24-11-19(31(52,53)54)4-20(12-24)32(55,56)57;19-15-8-4-5-9-17(15)23-18(22)16-13-21(11-10-20-16)12-14-6-2-1-3-7-14/h1-12H;1-11,13H,12H2/q-1;+1. The monoisotopic (exact) mass is 1170 g/mol. The third-order valence-electron chi connectivity index (χ3n) is 11.7. The van der Waals surface area contributed by atoms with E-state index in [2.05, 4.69) is 4.98 Å². The number of hydrogen-bond acceptors (Lipinski definition) is 3. The second kappa shape index (κ2) is 21.7. The Bertz CT molecular complexity index is 2940. The lowest BCUT2D eigenvalue weighted by atomic mass is 9.12.